The van der Waals surface area contributed by atoms with Crippen LogP contribution in [0.5, 0.6) is 0 Å². The van der Waals surface area contributed by atoms with Crippen molar-refractivity contribution in [3.63, 3.8) is 0 Å². The van der Waals surface area contributed by atoms with Gasteiger partial charge in [0.2, 0.25) is 11.2 Å². The molecule has 7 heteroatoms. The third-order valence-electron chi connectivity index (χ3n) is 3.04. The summed E-state index contributed by atoms with van der Waals surface area (Å²) < 4.78 is 36.1. The average Bonchev–Trinajstić information content (AvgIpc) is 2.53. The maximum atomic E-state index is 11.1. The normalized spacial score (nSPS) is 10.8. The van der Waals surface area contributed by atoms with Crippen LogP contribution in [0.3, 0.4) is 0 Å². The second-order valence-electron chi connectivity index (χ2n) is 4.49. The summed E-state index contributed by atoms with van der Waals surface area (Å²) >= 11 is 0. The summed E-state index contributed by atoms with van der Waals surface area (Å²) in [7, 11) is -4.94. The molecule has 0 aliphatic rings. The Morgan fingerprint density at radius 2 is 1.39 bits per heavy atom. The van der Waals surface area contributed by atoms with Crippen LogP contribution in [-0.2, 0) is 0 Å². The molecule has 0 fully saturated rings. The number of rotatable bonds is 2. The Bertz CT molecular complexity index is 796. The largest absolute Gasteiger partial charge is 0.298 e. The number of halogens is 1. The maximum Gasteiger partial charge on any atom is 0.219 e. The first-order chi connectivity index (χ1) is 10.9. The number of carbonyl (C=O) groups is 1. The first-order valence-electron chi connectivity index (χ1n) is 6.46. The minimum atomic E-state index is -4.94. The van der Waals surface area contributed by atoms with E-state index in [9.17, 15) is 4.79 Å². The van der Waals surface area contributed by atoms with E-state index in [1.54, 1.807) is 0 Å². The van der Waals surface area contributed by atoms with Crippen molar-refractivity contribution >= 4 is 17.2 Å². The van der Waals surface area contributed by atoms with E-state index in [1.165, 1.54) is 0 Å². The number of aromatic nitrogens is 1. The van der Waals surface area contributed by atoms with Gasteiger partial charge in [0, 0.05) is 29.8 Å². The first-order valence-corrected chi connectivity index (χ1v) is 7.69. The Morgan fingerprint density at radius 3 is 2.00 bits per heavy atom. The molecular weight excluding hydrogens is 322 g/mol. The Hall–Kier alpha value is -2.35. The van der Waals surface area contributed by atoms with Crippen molar-refractivity contribution in [1.29, 1.82) is 0 Å². The third-order valence-corrected chi connectivity index (χ3v) is 3.04. The standard InChI is InChI=1S/C16H12NO.ClHO4/c18-12-13-10-11-17(14-6-2-1-3-7-14)16-9-5-4-8-15(13)16;2-1(3,4)5/h1-12H;(H,2,3,4,5)/q+1;/p-1. The van der Waals surface area contributed by atoms with E-state index >= 15 is 0 Å². The van der Waals surface area contributed by atoms with Crippen LogP contribution in [0.15, 0.2) is 66.9 Å². The number of hydrogen-bond donors (Lipinski definition) is 0. The highest BCUT2D eigenvalue weighted by Crippen LogP contribution is 2.15. The smallest absolute Gasteiger partial charge is 0.219 e. The molecular formula is C16H12ClNO5. The van der Waals surface area contributed by atoms with Crippen LogP contribution in [-0.4, -0.2) is 6.29 Å². The van der Waals surface area contributed by atoms with Gasteiger partial charge in [-0.25, -0.2) is 18.6 Å². The zero-order valence-electron chi connectivity index (χ0n) is 11.8. The van der Waals surface area contributed by atoms with Gasteiger partial charge in [-0.05, 0) is 6.07 Å². The summed E-state index contributed by atoms with van der Waals surface area (Å²) in [4.78, 5) is 11.1. The van der Waals surface area contributed by atoms with Crippen LogP contribution in [0.1, 0.15) is 10.4 Å². The van der Waals surface area contributed by atoms with Crippen LogP contribution in [0, 0.1) is 10.2 Å². The second-order valence-corrected chi connectivity index (χ2v) is 5.25. The number of benzene rings is 2. The number of hydrogen-bond acceptors (Lipinski definition) is 5. The lowest BCUT2D eigenvalue weighted by Gasteiger charge is -2.17. The zero-order valence-corrected chi connectivity index (χ0v) is 12.6. The van der Waals surface area contributed by atoms with Crippen molar-refractivity contribution in [3.05, 3.63) is 72.4 Å². The van der Waals surface area contributed by atoms with Gasteiger partial charge in [-0.2, -0.15) is 4.57 Å². The van der Waals surface area contributed by atoms with E-state index in [-0.39, 0.29) is 0 Å². The van der Waals surface area contributed by atoms with Gasteiger partial charge in [0.25, 0.3) is 0 Å². The highest BCUT2D eigenvalue weighted by Gasteiger charge is 2.13. The molecule has 0 saturated heterocycles. The van der Waals surface area contributed by atoms with Gasteiger partial charge in [0.05, 0.1) is 5.39 Å². The molecule has 0 N–H and O–H groups in total. The van der Waals surface area contributed by atoms with Crippen LogP contribution in [0.2, 0.25) is 0 Å². The van der Waals surface area contributed by atoms with Gasteiger partial charge in [-0.3, -0.25) is 4.79 Å². The van der Waals surface area contributed by atoms with Gasteiger partial charge >= 0.3 is 0 Å². The highest BCUT2D eigenvalue weighted by atomic mass is 35.7. The first kappa shape index (κ1) is 17.0. The number of para-hydroxylation sites is 2. The minimum absolute atomic E-state index is 0.720. The van der Waals surface area contributed by atoms with Crippen LogP contribution in [0.25, 0.3) is 16.6 Å². The molecule has 0 amide bonds. The van der Waals surface area contributed by atoms with E-state index in [2.05, 4.69) is 4.57 Å². The molecule has 0 spiro atoms. The van der Waals surface area contributed by atoms with Gasteiger partial charge in [0.1, 0.15) is 0 Å². The average molecular weight is 334 g/mol. The Kier molecular flexibility index (Phi) is 5.38. The molecule has 0 atom stereocenters. The van der Waals surface area contributed by atoms with Crippen LogP contribution >= 0.6 is 0 Å². The summed E-state index contributed by atoms with van der Waals surface area (Å²) in [6, 6.07) is 19.9. The van der Waals surface area contributed by atoms with Crippen molar-refractivity contribution in [2.45, 2.75) is 0 Å². The number of pyridine rings is 1. The summed E-state index contributed by atoms with van der Waals surface area (Å²) in [5.74, 6) is 0. The van der Waals surface area contributed by atoms with Crippen molar-refractivity contribution in [1.82, 2.24) is 0 Å². The fraction of sp³-hybridized carbons (Fsp3) is 0. The van der Waals surface area contributed by atoms with Crippen LogP contribution in [0.4, 0.5) is 0 Å². The van der Waals surface area contributed by atoms with Gasteiger partial charge in [-0.15, -0.1) is 10.2 Å². The van der Waals surface area contributed by atoms with E-state index < -0.39 is 10.2 Å². The molecule has 0 bridgehead atoms. The quantitative estimate of drug-likeness (QED) is 0.404. The lowest BCUT2D eigenvalue weighted by Crippen LogP contribution is -2.68. The predicted octanol–water partition coefficient (Wildman–Crippen LogP) is -1.83. The summed E-state index contributed by atoms with van der Waals surface area (Å²) in [5, 5.41) is 0.971. The molecule has 2 aromatic carbocycles. The number of carbonyl (C=O) groups excluding carboxylic acids is 1. The van der Waals surface area contributed by atoms with E-state index in [0.29, 0.717) is 0 Å². The van der Waals surface area contributed by atoms with E-state index in [0.717, 1.165) is 28.4 Å². The molecule has 0 aliphatic carbocycles. The summed E-state index contributed by atoms with van der Waals surface area (Å²) in [5.41, 5.74) is 2.84. The molecule has 0 saturated carbocycles. The lowest BCUT2D eigenvalue weighted by atomic mass is 10.1. The predicted molar refractivity (Wildman–Crippen MR) is 70.9 cm³/mol. The summed E-state index contributed by atoms with van der Waals surface area (Å²) in [6.45, 7) is 0. The molecule has 0 aliphatic heterocycles. The van der Waals surface area contributed by atoms with Crippen molar-refractivity contribution in [3.8, 4) is 5.69 Å². The van der Waals surface area contributed by atoms with Crippen molar-refractivity contribution < 1.29 is 38.2 Å². The molecule has 1 aromatic heterocycles. The number of fused-ring (bicyclic) bond motifs is 1. The monoisotopic (exact) mass is 333 g/mol. The molecule has 23 heavy (non-hydrogen) atoms. The Balaban J connectivity index is 0.000000338. The lowest BCUT2D eigenvalue weighted by molar-refractivity contribution is -2.00. The minimum Gasteiger partial charge on any atom is -0.298 e. The second kappa shape index (κ2) is 7.28. The van der Waals surface area contributed by atoms with Gasteiger partial charge in [0.15, 0.2) is 12.5 Å². The molecule has 118 valence electrons. The topological polar surface area (TPSA) is 113 Å². The fourth-order valence-corrected chi connectivity index (χ4v) is 2.17. The molecule has 6 nitrogen and oxygen atoms in total. The molecule has 0 unspecified atom stereocenters. The van der Waals surface area contributed by atoms with Crippen molar-refractivity contribution in [2.24, 2.45) is 0 Å². The maximum absolute atomic E-state index is 11.1. The molecule has 0 radical (unpaired) electrons. The van der Waals surface area contributed by atoms with E-state index in [4.69, 9.17) is 18.6 Å². The Morgan fingerprint density at radius 1 is 0.826 bits per heavy atom. The number of nitrogens with zero attached hydrogens (tertiary/aromatic N) is 1. The van der Waals surface area contributed by atoms with Gasteiger partial charge in [-0.1, -0.05) is 30.3 Å². The molecule has 3 aromatic rings. The molecule has 3 rings (SSSR count). The highest BCUT2D eigenvalue weighted by molar-refractivity contribution is 5.94. The van der Waals surface area contributed by atoms with E-state index in [1.807, 2.05) is 66.9 Å². The fourth-order valence-electron chi connectivity index (χ4n) is 2.17. The van der Waals surface area contributed by atoms with Crippen molar-refractivity contribution in [2.75, 3.05) is 0 Å². The zero-order chi connectivity index (χ0) is 16.9. The third kappa shape index (κ3) is 4.82. The summed E-state index contributed by atoms with van der Waals surface area (Å²) in [6.07, 6.45) is 2.83. The van der Waals surface area contributed by atoms with Crippen LogP contribution < -0.4 is 23.2 Å². The van der Waals surface area contributed by atoms with Gasteiger partial charge < -0.3 is 0 Å². The molecule has 1 heterocycles. The number of aldehydes is 1. The SMILES string of the molecule is O=Cc1cc[n+](-c2ccccc2)c2ccccc12.[O-][Cl+3]([O-])([O-])[O-]. The Labute approximate surface area is 134 Å².